The molecule has 2 N–H and O–H groups in total. The van der Waals surface area contributed by atoms with Gasteiger partial charge < -0.3 is 15.1 Å². The van der Waals surface area contributed by atoms with Gasteiger partial charge in [0.15, 0.2) is 0 Å². The van der Waals surface area contributed by atoms with Crippen molar-refractivity contribution in [2.75, 3.05) is 45.9 Å². The van der Waals surface area contributed by atoms with Crippen LogP contribution in [0.3, 0.4) is 0 Å². The van der Waals surface area contributed by atoms with Crippen LogP contribution in [0.2, 0.25) is 0 Å². The van der Waals surface area contributed by atoms with Crippen molar-refractivity contribution in [1.82, 2.24) is 9.80 Å². The quantitative estimate of drug-likeness (QED) is 0.698. The van der Waals surface area contributed by atoms with Crippen molar-refractivity contribution in [2.45, 2.75) is 26.3 Å². The molecular formula is C12H26N2O2. The summed E-state index contributed by atoms with van der Waals surface area (Å²) in [7, 11) is 0. The highest BCUT2D eigenvalue weighted by atomic mass is 16.3. The Hall–Kier alpha value is -0.160. The average Bonchev–Trinajstić information content (AvgIpc) is 2.45. The van der Waals surface area contributed by atoms with Crippen molar-refractivity contribution < 1.29 is 10.2 Å². The minimum Gasteiger partial charge on any atom is -0.395 e. The molecule has 1 saturated heterocycles. The molecule has 1 aliphatic rings. The summed E-state index contributed by atoms with van der Waals surface area (Å²) in [6.45, 7) is 9.88. The van der Waals surface area contributed by atoms with Crippen LogP contribution >= 0.6 is 0 Å². The van der Waals surface area contributed by atoms with E-state index in [1.807, 2.05) is 0 Å². The van der Waals surface area contributed by atoms with Gasteiger partial charge in [0.25, 0.3) is 0 Å². The molecule has 4 nitrogen and oxygen atoms in total. The monoisotopic (exact) mass is 230 g/mol. The van der Waals surface area contributed by atoms with Crippen LogP contribution in [0.15, 0.2) is 0 Å². The lowest BCUT2D eigenvalue weighted by molar-refractivity contribution is 0.0760. The highest BCUT2D eigenvalue weighted by Gasteiger charge is 2.20. The van der Waals surface area contributed by atoms with Crippen LogP contribution < -0.4 is 0 Å². The van der Waals surface area contributed by atoms with E-state index in [0.717, 1.165) is 39.1 Å². The van der Waals surface area contributed by atoms with E-state index < -0.39 is 0 Å². The Morgan fingerprint density at radius 3 is 2.25 bits per heavy atom. The van der Waals surface area contributed by atoms with E-state index in [4.69, 9.17) is 10.2 Å². The molecule has 0 saturated carbocycles. The molecule has 4 heteroatoms. The second-order valence-corrected chi connectivity index (χ2v) is 5.10. The fourth-order valence-electron chi connectivity index (χ4n) is 2.34. The first-order valence-corrected chi connectivity index (χ1v) is 6.35. The number of hydrogen-bond donors (Lipinski definition) is 2. The van der Waals surface area contributed by atoms with Crippen molar-refractivity contribution >= 4 is 0 Å². The van der Waals surface area contributed by atoms with Gasteiger partial charge >= 0.3 is 0 Å². The maximum atomic E-state index is 9.17. The highest BCUT2D eigenvalue weighted by molar-refractivity contribution is 4.76. The van der Waals surface area contributed by atoms with Crippen LogP contribution in [-0.4, -0.2) is 72.0 Å². The number of hydrogen-bond acceptors (Lipinski definition) is 4. The molecule has 0 aromatic carbocycles. The third kappa shape index (κ3) is 4.37. The molecule has 0 aliphatic carbocycles. The Kier molecular flexibility index (Phi) is 6.28. The summed E-state index contributed by atoms with van der Waals surface area (Å²) >= 11 is 0. The Balaban J connectivity index is 2.39. The van der Waals surface area contributed by atoms with Crippen molar-refractivity contribution in [3.05, 3.63) is 0 Å². The largest absolute Gasteiger partial charge is 0.395 e. The molecule has 0 radical (unpaired) electrons. The first kappa shape index (κ1) is 13.9. The fraction of sp³-hybridized carbons (Fsp3) is 1.00. The molecule has 16 heavy (non-hydrogen) atoms. The van der Waals surface area contributed by atoms with Crippen molar-refractivity contribution in [1.29, 1.82) is 0 Å². The molecule has 96 valence electrons. The zero-order valence-corrected chi connectivity index (χ0v) is 10.6. The second-order valence-electron chi connectivity index (χ2n) is 5.10. The van der Waals surface area contributed by atoms with Gasteiger partial charge in [0.05, 0.1) is 19.3 Å². The molecule has 0 aromatic rings. The third-order valence-electron chi connectivity index (χ3n) is 3.18. The first-order chi connectivity index (χ1) is 7.67. The lowest BCUT2D eigenvalue weighted by atomic mass is 10.2. The predicted octanol–water partition coefficient (Wildman–Crippen LogP) is 0.00330. The standard InChI is InChI=1S/C12H26N2O2/c1-11(2)8-13-4-3-5-14(7-6-13)12(9-15)10-16/h11-12,15-16H,3-10H2,1-2H3. The van der Waals surface area contributed by atoms with E-state index in [0.29, 0.717) is 5.92 Å². The van der Waals surface area contributed by atoms with Gasteiger partial charge in [0.2, 0.25) is 0 Å². The summed E-state index contributed by atoms with van der Waals surface area (Å²) in [4.78, 5) is 4.69. The molecule has 0 atom stereocenters. The summed E-state index contributed by atoms with van der Waals surface area (Å²) in [6.07, 6.45) is 1.13. The molecule has 0 spiro atoms. The van der Waals surface area contributed by atoms with Gasteiger partial charge in [-0.15, -0.1) is 0 Å². The Morgan fingerprint density at radius 1 is 1.00 bits per heavy atom. The van der Waals surface area contributed by atoms with Crippen LogP contribution in [0.1, 0.15) is 20.3 Å². The number of aliphatic hydroxyl groups is 2. The summed E-state index contributed by atoms with van der Waals surface area (Å²) in [5, 5.41) is 18.3. The molecule has 1 heterocycles. The van der Waals surface area contributed by atoms with Gasteiger partial charge in [0.1, 0.15) is 0 Å². The maximum absolute atomic E-state index is 9.17. The summed E-state index contributed by atoms with van der Waals surface area (Å²) in [5.41, 5.74) is 0. The molecule has 1 rings (SSSR count). The van der Waals surface area contributed by atoms with E-state index in [9.17, 15) is 0 Å². The van der Waals surface area contributed by atoms with Gasteiger partial charge in [-0.25, -0.2) is 0 Å². The van der Waals surface area contributed by atoms with E-state index in [1.165, 1.54) is 0 Å². The topological polar surface area (TPSA) is 46.9 Å². The Morgan fingerprint density at radius 2 is 1.69 bits per heavy atom. The van der Waals surface area contributed by atoms with E-state index in [1.54, 1.807) is 0 Å². The van der Waals surface area contributed by atoms with Crippen molar-refractivity contribution in [3.8, 4) is 0 Å². The highest BCUT2D eigenvalue weighted by Crippen LogP contribution is 2.08. The second kappa shape index (κ2) is 7.22. The van der Waals surface area contributed by atoms with Crippen LogP contribution in [0, 0.1) is 5.92 Å². The summed E-state index contributed by atoms with van der Waals surface area (Å²) in [5.74, 6) is 0.707. The molecule has 0 bridgehead atoms. The minimum atomic E-state index is -0.0704. The van der Waals surface area contributed by atoms with Crippen LogP contribution in [0.4, 0.5) is 0 Å². The smallest absolute Gasteiger partial charge is 0.0609 e. The van der Waals surface area contributed by atoms with Gasteiger partial charge in [-0.2, -0.15) is 0 Å². The third-order valence-corrected chi connectivity index (χ3v) is 3.18. The van der Waals surface area contributed by atoms with Crippen LogP contribution in [0.5, 0.6) is 0 Å². The summed E-state index contributed by atoms with van der Waals surface area (Å²) < 4.78 is 0. The first-order valence-electron chi connectivity index (χ1n) is 6.35. The zero-order chi connectivity index (χ0) is 12.0. The SMILES string of the molecule is CC(C)CN1CCCN(C(CO)CO)CC1. The van der Waals surface area contributed by atoms with Gasteiger partial charge in [-0.3, -0.25) is 4.90 Å². The number of rotatable bonds is 5. The zero-order valence-electron chi connectivity index (χ0n) is 10.6. The van der Waals surface area contributed by atoms with Crippen molar-refractivity contribution in [3.63, 3.8) is 0 Å². The molecular weight excluding hydrogens is 204 g/mol. The fourth-order valence-corrected chi connectivity index (χ4v) is 2.34. The van der Waals surface area contributed by atoms with Gasteiger partial charge in [-0.1, -0.05) is 13.8 Å². The molecule has 0 amide bonds. The summed E-state index contributed by atoms with van der Waals surface area (Å²) in [6, 6.07) is -0.0704. The number of nitrogens with zero attached hydrogens (tertiary/aromatic N) is 2. The Labute approximate surface area is 98.9 Å². The van der Waals surface area contributed by atoms with Crippen LogP contribution in [-0.2, 0) is 0 Å². The molecule has 0 aromatic heterocycles. The van der Waals surface area contributed by atoms with Crippen molar-refractivity contribution in [2.24, 2.45) is 5.92 Å². The Bertz CT molecular complexity index is 184. The number of aliphatic hydroxyl groups excluding tert-OH is 2. The normalized spacial score (nSPS) is 20.6. The minimum absolute atomic E-state index is 0.0562. The van der Waals surface area contributed by atoms with E-state index in [2.05, 4.69) is 23.6 Å². The van der Waals surface area contributed by atoms with Gasteiger partial charge in [-0.05, 0) is 25.4 Å². The lowest BCUT2D eigenvalue weighted by Gasteiger charge is -2.28. The van der Waals surface area contributed by atoms with Gasteiger partial charge in [0, 0.05) is 19.6 Å². The lowest BCUT2D eigenvalue weighted by Crippen LogP contribution is -2.43. The van der Waals surface area contributed by atoms with E-state index >= 15 is 0 Å². The molecule has 1 aliphatic heterocycles. The van der Waals surface area contributed by atoms with E-state index in [-0.39, 0.29) is 19.3 Å². The predicted molar refractivity (Wildman–Crippen MR) is 65.4 cm³/mol. The van der Waals surface area contributed by atoms with Crippen LogP contribution in [0.25, 0.3) is 0 Å². The molecule has 0 unspecified atom stereocenters. The molecule has 1 fully saturated rings. The average molecular weight is 230 g/mol. The maximum Gasteiger partial charge on any atom is 0.0609 e.